The van der Waals surface area contributed by atoms with Crippen LogP contribution in [0.5, 0.6) is 5.75 Å². The fourth-order valence-electron chi connectivity index (χ4n) is 1.90. The molecule has 0 fully saturated rings. The highest BCUT2D eigenvalue weighted by molar-refractivity contribution is 5.53. The van der Waals surface area contributed by atoms with Crippen LogP contribution in [-0.4, -0.2) is 18.4 Å². The van der Waals surface area contributed by atoms with Gasteiger partial charge in [0, 0.05) is 24.5 Å². The summed E-state index contributed by atoms with van der Waals surface area (Å²) < 4.78 is 5.84. The van der Waals surface area contributed by atoms with Gasteiger partial charge in [-0.2, -0.15) is 0 Å². The molecule has 22 heavy (non-hydrogen) atoms. The molecule has 0 saturated heterocycles. The highest BCUT2D eigenvalue weighted by atomic mass is 16.5. The molecule has 1 aromatic carbocycles. The first-order valence-corrected chi connectivity index (χ1v) is 6.84. The number of amides is 1. The number of hydrazine groups is 1. The largest absolute Gasteiger partial charge is 0.487 e. The Hall–Kier alpha value is -2.60. The maximum Gasteiger partial charge on any atom is 0.221 e. The third-order valence-corrected chi connectivity index (χ3v) is 3.08. The van der Waals surface area contributed by atoms with Crippen molar-refractivity contribution in [3.63, 3.8) is 0 Å². The predicted octanol–water partition coefficient (Wildman–Crippen LogP) is 1.93. The summed E-state index contributed by atoms with van der Waals surface area (Å²) in [5, 5.41) is 3.19. The van der Waals surface area contributed by atoms with Gasteiger partial charge in [0.1, 0.15) is 12.4 Å². The Balaban J connectivity index is 0.000000541. The summed E-state index contributed by atoms with van der Waals surface area (Å²) in [7, 11) is 1.92. The van der Waals surface area contributed by atoms with Crippen molar-refractivity contribution in [1.82, 2.24) is 10.4 Å². The van der Waals surface area contributed by atoms with Crippen molar-refractivity contribution < 1.29 is 9.53 Å². The van der Waals surface area contributed by atoms with E-state index in [0.29, 0.717) is 13.0 Å². The summed E-state index contributed by atoms with van der Waals surface area (Å²) >= 11 is 0. The molecule has 0 aliphatic rings. The zero-order valence-electron chi connectivity index (χ0n) is 13.1. The van der Waals surface area contributed by atoms with Crippen LogP contribution in [0.4, 0.5) is 5.69 Å². The average Bonchev–Trinajstić information content (AvgIpc) is 2.55. The molecular formula is C16H22N4O2. The molecule has 2 aromatic rings. The number of anilines is 1. The van der Waals surface area contributed by atoms with Crippen LogP contribution in [0, 0.1) is 13.8 Å². The van der Waals surface area contributed by atoms with Crippen LogP contribution in [-0.2, 0) is 11.4 Å². The number of hydrogen-bond donors (Lipinski definition) is 3. The molecule has 1 aromatic heterocycles. The number of ether oxygens (including phenoxy) is 1. The topological polar surface area (TPSA) is 89.3 Å². The van der Waals surface area contributed by atoms with Gasteiger partial charge in [0.15, 0.2) is 0 Å². The fourth-order valence-corrected chi connectivity index (χ4v) is 1.90. The maximum absolute atomic E-state index is 8.94. The summed E-state index contributed by atoms with van der Waals surface area (Å²) in [5.74, 6) is 5.25. The zero-order valence-corrected chi connectivity index (χ0v) is 13.1. The second-order valence-corrected chi connectivity index (χ2v) is 4.51. The number of nitrogens with zero attached hydrogens (tertiary/aromatic N) is 1. The van der Waals surface area contributed by atoms with E-state index in [1.54, 1.807) is 11.6 Å². The van der Waals surface area contributed by atoms with Crippen molar-refractivity contribution in [1.29, 1.82) is 0 Å². The first-order valence-electron chi connectivity index (χ1n) is 6.84. The molecule has 6 heteroatoms. The van der Waals surface area contributed by atoms with Gasteiger partial charge in [-0.25, -0.2) is 5.84 Å². The molecule has 6 nitrogen and oxygen atoms in total. The molecule has 0 atom stereocenters. The van der Waals surface area contributed by atoms with E-state index in [9.17, 15) is 0 Å². The number of pyridine rings is 1. The van der Waals surface area contributed by atoms with Gasteiger partial charge < -0.3 is 10.1 Å². The monoisotopic (exact) mass is 302 g/mol. The van der Waals surface area contributed by atoms with Crippen LogP contribution in [0.15, 0.2) is 36.5 Å². The molecular weight excluding hydrogens is 280 g/mol. The highest BCUT2D eigenvalue weighted by Crippen LogP contribution is 2.22. The van der Waals surface area contributed by atoms with Gasteiger partial charge in [-0.05, 0) is 37.6 Å². The number of rotatable bonds is 5. The van der Waals surface area contributed by atoms with Crippen LogP contribution < -0.4 is 21.3 Å². The second kappa shape index (κ2) is 9.36. The van der Waals surface area contributed by atoms with E-state index in [2.05, 4.69) is 35.2 Å². The van der Waals surface area contributed by atoms with E-state index in [1.807, 2.05) is 32.2 Å². The van der Waals surface area contributed by atoms with Crippen molar-refractivity contribution in [3.8, 4) is 5.75 Å². The number of carbonyl (C=O) groups is 1. The molecule has 1 heterocycles. The lowest BCUT2D eigenvalue weighted by Crippen LogP contribution is -2.18. The van der Waals surface area contributed by atoms with E-state index in [1.165, 1.54) is 11.1 Å². The number of aryl methyl sites for hydroxylation is 2. The molecule has 1 amide bonds. The lowest BCUT2D eigenvalue weighted by atomic mass is 10.1. The SMILES string of the molecule is CNc1cccc(C)c1COc1cccnc1C.NNC=O. The molecule has 0 aliphatic heterocycles. The van der Waals surface area contributed by atoms with E-state index in [4.69, 9.17) is 9.53 Å². The third-order valence-electron chi connectivity index (χ3n) is 3.08. The molecule has 0 radical (unpaired) electrons. The van der Waals surface area contributed by atoms with E-state index in [0.717, 1.165) is 17.1 Å². The zero-order chi connectivity index (χ0) is 16.4. The Bertz CT molecular complexity index is 602. The lowest BCUT2D eigenvalue weighted by Gasteiger charge is -2.14. The van der Waals surface area contributed by atoms with Crippen LogP contribution in [0.2, 0.25) is 0 Å². The molecule has 0 bridgehead atoms. The Labute approximate surface area is 130 Å². The number of carbonyl (C=O) groups excluding carboxylic acids is 1. The van der Waals surface area contributed by atoms with Gasteiger partial charge >= 0.3 is 0 Å². The Morgan fingerprint density at radius 1 is 1.27 bits per heavy atom. The molecule has 2 rings (SSSR count). The van der Waals surface area contributed by atoms with Gasteiger partial charge in [0.2, 0.25) is 6.41 Å². The molecule has 0 unspecified atom stereocenters. The Kier molecular flexibility index (Phi) is 7.42. The van der Waals surface area contributed by atoms with Gasteiger partial charge in [0.05, 0.1) is 5.69 Å². The number of nitrogens with two attached hydrogens (primary N) is 1. The van der Waals surface area contributed by atoms with Crippen molar-refractivity contribution in [2.75, 3.05) is 12.4 Å². The lowest BCUT2D eigenvalue weighted by molar-refractivity contribution is -0.109. The van der Waals surface area contributed by atoms with Gasteiger partial charge in [-0.1, -0.05) is 12.1 Å². The minimum atomic E-state index is 0.403. The fraction of sp³-hybridized carbons (Fsp3) is 0.250. The molecule has 0 spiro atoms. The Morgan fingerprint density at radius 2 is 2.00 bits per heavy atom. The van der Waals surface area contributed by atoms with E-state index in [-0.39, 0.29) is 0 Å². The molecule has 0 aliphatic carbocycles. The number of aromatic nitrogens is 1. The summed E-state index contributed by atoms with van der Waals surface area (Å²) in [6.45, 7) is 4.59. The number of nitrogens with one attached hydrogen (secondary N) is 2. The average molecular weight is 302 g/mol. The maximum atomic E-state index is 8.94. The van der Waals surface area contributed by atoms with Gasteiger partial charge in [0.25, 0.3) is 0 Å². The summed E-state index contributed by atoms with van der Waals surface area (Å²) in [5.41, 5.74) is 6.18. The van der Waals surface area contributed by atoms with Crippen LogP contribution in [0.25, 0.3) is 0 Å². The Morgan fingerprint density at radius 3 is 2.59 bits per heavy atom. The van der Waals surface area contributed by atoms with Crippen molar-refractivity contribution >= 4 is 12.1 Å². The van der Waals surface area contributed by atoms with Crippen molar-refractivity contribution in [3.05, 3.63) is 53.3 Å². The van der Waals surface area contributed by atoms with Crippen LogP contribution >= 0.6 is 0 Å². The summed E-state index contributed by atoms with van der Waals surface area (Å²) in [6, 6.07) is 10.0. The minimum absolute atomic E-state index is 0.403. The normalized spacial score (nSPS) is 9.27. The van der Waals surface area contributed by atoms with Crippen LogP contribution in [0.1, 0.15) is 16.8 Å². The van der Waals surface area contributed by atoms with E-state index < -0.39 is 0 Å². The summed E-state index contributed by atoms with van der Waals surface area (Å²) in [6.07, 6.45) is 2.18. The molecule has 118 valence electrons. The first kappa shape index (κ1) is 17.5. The highest BCUT2D eigenvalue weighted by Gasteiger charge is 2.06. The molecule has 4 N–H and O–H groups in total. The number of hydrogen-bond acceptors (Lipinski definition) is 5. The first-order chi connectivity index (χ1) is 10.6. The smallest absolute Gasteiger partial charge is 0.221 e. The summed E-state index contributed by atoms with van der Waals surface area (Å²) in [4.78, 5) is 13.2. The van der Waals surface area contributed by atoms with Crippen molar-refractivity contribution in [2.45, 2.75) is 20.5 Å². The van der Waals surface area contributed by atoms with Crippen LogP contribution in [0.3, 0.4) is 0 Å². The second-order valence-electron chi connectivity index (χ2n) is 4.51. The number of benzene rings is 1. The third kappa shape index (κ3) is 5.06. The van der Waals surface area contributed by atoms with Gasteiger partial charge in [-0.3, -0.25) is 15.2 Å². The molecule has 0 saturated carbocycles. The van der Waals surface area contributed by atoms with Gasteiger partial charge in [-0.15, -0.1) is 0 Å². The minimum Gasteiger partial charge on any atom is -0.487 e. The standard InChI is InChI=1S/C15H18N2O.CH4N2O/c1-11-6-4-7-14(16-3)13(11)10-18-15-8-5-9-17-12(15)2;2-3-1-4/h4-9,16H,10H2,1-3H3;1H,2H2,(H,3,4). The van der Waals surface area contributed by atoms with Crippen molar-refractivity contribution in [2.24, 2.45) is 5.84 Å². The predicted molar refractivity (Wildman–Crippen MR) is 87.4 cm³/mol. The van der Waals surface area contributed by atoms with E-state index >= 15 is 0 Å². The quantitative estimate of drug-likeness (QED) is 0.340.